The van der Waals surface area contributed by atoms with Gasteiger partial charge in [0.1, 0.15) is 0 Å². The lowest BCUT2D eigenvalue weighted by Gasteiger charge is -2.29. The lowest BCUT2D eigenvalue weighted by Crippen LogP contribution is -2.42. The summed E-state index contributed by atoms with van der Waals surface area (Å²) in [6.07, 6.45) is 3.32. The molecule has 6 heteroatoms. The number of hydrogen-bond acceptors (Lipinski definition) is 4. The number of nitrogens with zero attached hydrogens (tertiary/aromatic N) is 1. The molecule has 1 unspecified atom stereocenters. The van der Waals surface area contributed by atoms with Crippen LogP contribution in [-0.4, -0.2) is 43.1 Å². The van der Waals surface area contributed by atoms with E-state index in [0.29, 0.717) is 30.3 Å². The van der Waals surface area contributed by atoms with Crippen molar-refractivity contribution in [3.63, 3.8) is 0 Å². The summed E-state index contributed by atoms with van der Waals surface area (Å²) in [7, 11) is -3.48. The van der Waals surface area contributed by atoms with Gasteiger partial charge in [-0.3, -0.25) is 0 Å². The number of aliphatic hydroxyl groups is 1. The predicted octanol–water partition coefficient (Wildman–Crippen LogP) is 1.08. The quantitative estimate of drug-likeness (QED) is 0.854. The molecule has 1 aliphatic carbocycles. The third-order valence-electron chi connectivity index (χ3n) is 4.09. The number of hydrogen-bond donors (Lipinski definition) is 2. The minimum atomic E-state index is -3.48. The lowest BCUT2D eigenvalue weighted by atomic mass is 10.1. The maximum absolute atomic E-state index is 12.5. The van der Waals surface area contributed by atoms with Gasteiger partial charge in [-0.25, -0.2) is 8.42 Å². The van der Waals surface area contributed by atoms with Crippen LogP contribution in [0.25, 0.3) is 0 Å². The second kappa shape index (κ2) is 6.04. The first kappa shape index (κ1) is 15.0. The van der Waals surface area contributed by atoms with Crippen LogP contribution < -0.4 is 5.32 Å². The highest BCUT2D eigenvalue weighted by atomic mass is 32.2. The Kier molecular flexibility index (Phi) is 4.31. The number of aliphatic hydroxyl groups excluding tert-OH is 1. The van der Waals surface area contributed by atoms with E-state index in [-0.39, 0.29) is 6.54 Å². The molecule has 3 rings (SSSR count). The Morgan fingerprint density at radius 2 is 1.90 bits per heavy atom. The number of benzene rings is 1. The molecule has 1 aromatic rings. The van der Waals surface area contributed by atoms with Crippen LogP contribution in [0.2, 0.25) is 0 Å². The fourth-order valence-corrected chi connectivity index (χ4v) is 4.13. The van der Waals surface area contributed by atoms with Crippen LogP contribution in [0.3, 0.4) is 0 Å². The minimum absolute atomic E-state index is 0.202. The summed E-state index contributed by atoms with van der Waals surface area (Å²) in [6.45, 7) is 1.48. The maximum Gasteiger partial charge on any atom is 0.243 e. The maximum atomic E-state index is 12.5. The Morgan fingerprint density at radius 1 is 1.19 bits per heavy atom. The SMILES string of the molecule is O=S(=O)(c1ccc(CNC2CC2)cc1)N1CCCC(O)C1. The van der Waals surface area contributed by atoms with Gasteiger partial charge in [0, 0.05) is 25.7 Å². The normalized spacial score (nSPS) is 24.1. The van der Waals surface area contributed by atoms with Crippen LogP contribution >= 0.6 is 0 Å². The first-order valence-electron chi connectivity index (χ1n) is 7.56. The van der Waals surface area contributed by atoms with Gasteiger partial charge in [0.05, 0.1) is 11.0 Å². The largest absolute Gasteiger partial charge is 0.392 e. The molecule has 1 aromatic carbocycles. The zero-order chi connectivity index (χ0) is 14.9. The van der Waals surface area contributed by atoms with E-state index < -0.39 is 16.1 Å². The molecular formula is C15H22N2O3S. The summed E-state index contributed by atoms with van der Waals surface area (Å²) in [5, 5.41) is 13.1. The summed E-state index contributed by atoms with van der Waals surface area (Å²) in [5.74, 6) is 0. The van der Waals surface area contributed by atoms with E-state index in [9.17, 15) is 13.5 Å². The molecule has 1 atom stereocenters. The zero-order valence-corrected chi connectivity index (χ0v) is 12.8. The van der Waals surface area contributed by atoms with Gasteiger partial charge < -0.3 is 10.4 Å². The van der Waals surface area contributed by atoms with Gasteiger partial charge in [-0.2, -0.15) is 4.31 Å². The molecule has 0 aromatic heterocycles. The average molecular weight is 310 g/mol. The molecule has 1 aliphatic heterocycles. The molecule has 1 saturated carbocycles. The van der Waals surface area contributed by atoms with E-state index in [1.807, 2.05) is 12.1 Å². The highest BCUT2D eigenvalue weighted by molar-refractivity contribution is 7.89. The van der Waals surface area contributed by atoms with Crippen molar-refractivity contribution in [1.82, 2.24) is 9.62 Å². The number of β-amino-alcohol motifs (C(OH)–C–C–N with tert-alkyl or cyclic N) is 1. The van der Waals surface area contributed by atoms with Gasteiger partial charge in [0.2, 0.25) is 10.0 Å². The van der Waals surface area contributed by atoms with Crippen molar-refractivity contribution in [3.05, 3.63) is 29.8 Å². The Labute approximate surface area is 126 Å². The molecule has 0 spiro atoms. The standard InChI is InChI=1S/C15H22N2O3S/c18-14-2-1-9-17(11-14)21(19,20)15-7-3-12(4-8-15)10-16-13-5-6-13/h3-4,7-8,13-14,16,18H,1-2,5-6,9-11H2. The van der Waals surface area contributed by atoms with Crippen LogP contribution in [0, 0.1) is 0 Å². The van der Waals surface area contributed by atoms with E-state index >= 15 is 0 Å². The third-order valence-corrected chi connectivity index (χ3v) is 5.97. The van der Waals surface area contributed by atoms with Crippen molar-refractivity contribution in [2.45, 2.75) is 49.3 Å². The lowest BCUT2D eigenvalue weighted by molar-refractivity contribution is 0.108. The molecule has 0 radical (unpaired) electrons. The molecule has 5 nitrogen and oxygen atoms in total. The first-order valence-corrected chi connectivity index (χ1v) is 9.00. The molecule has 1 heterocycles. The first-order chi connectivity index (χ1) is 10.1. The van der Waals surface area contributed by atoms with Gasteiger partial charge >= 0.3 is 0 Å². The molecule has 2 N–H and O–H groups in total. The minimum Gasteiger partial charge on any atom is -0.392 e. The fourth-order valence-electron chi connectivity index (χ4n) is 2.62. The molecule has 0 bridgehead atoms. The van der Waals surface area contributed by atoms with Crippen LogP contribution in [0.15, 0.2) is 29.2 Å². The topological polar surface area (TPSA) is 69.6 Å². The Hall–Kier alpha value is -0.950. The van der Waals surface area contributed by atoms with Crippen molar-refractivity contribution in [2.24, 2.45) is 0 Å². The van der Waals surface area contributed by atoms with Crippen molar-refractivity contribution < 1.29 is 13.5 Å². The highest BCUT2D eigenvalue weighted by Gasteiger charge is 2.29. The number of nitrogens with one attached hydrogen (secondary N) is 1. The third kappa shape index (κ3) is 3.63. The van der Waals surface area contributed by atoms with E-state index in [0.717, 1.165) is 12.1 Å². The molecule has 0 amide bonds. The molecule has 2 fully saturated rings. The smallest absolute Gasteiger partial charge is 0.243 e. The van der Waals surface area contributed by atoms with Crippen LogP contribution in [0.1, 0.15) is 31.2 Å². The van der Waals surface area contributed by atoms with Crippen LogP contribution in [-0.2, 0) is 16.6 Å². The molecular weight excluding hydrogens is 288 g/mol. The van der Waals surface area contributed by atoms with E-state index in [1.165, 1.54) is 17.1 Å². The van der Waals surface area contributed by atoms with Gasteiger partial charge in [0.15, 0.2) is 0 Å². The second-order valence-electron chi connectivity index (χ2n) is 5.96. The van der Waals surface area contributed by atoms with Crippen molar-refractivity contribution in [2.75, 3.05) is 13.1 Å². The van der Waals surface area contributed by atoms with Crippen molar-refractivity contribution >= 4 is 10.0 Å². The molecule has 116 valence electrons. The number of sulfonamides is 1. The fraction of sp³-hybridized carbons (Fsp3) is 0.600. The average Bonchev–Trinajstić information content (AvgIpc) is 3.30. The summed E-state index contributed by atoms with van der Waals surface area (Å²) in [4.78, 5) is 0.312. The van der Waals surface area contributed by atoms with Crippen LogP contribution in [0.5, 0.6) is 0 Å². The Morgan fingerprint density at radius 3 is 2.52 bits per heavy atom. The molecule has 2 aliphatic rings. The summed E-state index contributed by atoms with van der Waals surface area (Å²) in [6, 6.07) is 7.70. The van der Waals surface area contributed by atoms with E-state index in [2.05, 4.69) is 5.32 Å². The van der Waals surface area contributed by atoms with Gasteiger partial charge in [-0.1, -0.05) is 12.1 Å². The number of rotatable bonds is 5. The molecule has 1 saturated heterocycles. The van der Waals surface area contributed by atoms with Crippen molar-refractivity contribution in [1.29, 1.82) is 0 Å². The predicted molar refractivity (Wildman–Crippen MR) is 80.3 cm³/mol. The highest BCUT2D eigenvalue weighted by Crippen LogP contribution is 2.22. The Balaban J connectivity index is 1.69. The summed E-state index contributed by atoms with van der Waals surface area (Å²) < 4.78 is 26.4. The van der Waals surface area contributed by atoms with Crippen LogP contribution in [0.4, 0.5) is 0 Å². The summed E-state index contributed by atoms with van der Waals surface area (Å²) >= 11 is 0. The zero-order valence-electron chi connectivity index (χ0n) is 12.0. The summed E-state index contributed by atoms with van der Waals surface area (Å²) in [5.41, 5.74) is 1.10. The van der Waals surface area contributed by atoms with E-state index in [1.54, 1.807) is 12.1 Å². The monoisotopic (exact) mass is 310 g/mol. The molecule has 21 heavy (non-hydrogen) atoms. The van der Waals surface area contributed by atoms with Gasteiger partial charge in [-0.05, 0) is 43.4 Å². The van der Waals surface area contributed by atoms with E-state index in [4.69, 9.17) is 0 Å². The number of piperidine rings is 1. The van der Waals surface area contributed by atoms with Gasteiger partial charge in [0.25, 0.3) is 0 Å². The van der Waals surface area contributed by atoms with Gasteiger partial charge in [-0.15, -0.1) is 0 Å². The Bertz CT molecular complexity index is 581. The second-order valence-corrected chi connectivity index (χ2v) is 7.90. The van der Waals surface area contributed by atoms with Crippen molar-refractivity contribution in [3.8, 4) is 0 Å².